The molecule has 7 nitrogen and oxygen atoms in total. The number of hydrogen-bond acceptors (Lipinski definition) is 5. The third kappa shape index (κ3) is 2.86. The van der Waals surface area contributed by atoms with Crippen LogP contribution in [0.15, 0.2) is 30.7 Å². The number of anilines is 1. The Bertz CT molecular complexity index is 695. The standard InChI is InChI=1S/C11H6ClFN4O3/c12-10-7(3-6(4-15-10)17(19)20)11(18)16-9-1-2-14-5-8(9)13/h1-5H,(H,14,16,18). The fourth-order valence-corrected chi connectivity index (χ4v) is 1.55. The first-order chi connectivity index (χ1) is 9.49. The van der Waals surface area contributed by atoms with E-state index >= 15 is 0 Å². The molecule has 0 saturated heterocycles. The Morgan fingerprint density at radius 2 is 2.20 bits per heavy atom. The summed E-state index contributed by atoms with van der Waals surface area (Å²) in [5.74, 6) is -1.55. The molecule has 0 atom stereocenters. The van der Waals surface area contributed by atoms with E-state index in [1.165, 1.54) is 12.3 Å². The molecule has 1 amide bonds. The minimum atomic E-state index is -0.809. The van der Waals surface area contributed by atoms with Crippen molar-refractivity contribution >= 4 is 28.9 Å². The molecule has 0 aliphatic carbocycles. The van der Waals surface area contributed by atoms with E-state index in [1.54, 1.807) is 0 Å². The molecular formula is C11H6ClFN4O3. The number of amides is 1. The largest absolute Gasteiger partial charge is 0.319 e. The van der Waals surface area contributed by atoms with Crippen molar-refractivity contribution in [3.05, 3.63) is 57.4 Å². The highest BCUT2D eigenvalue weighted by Gasteiger charge is 2.18. The van der Waals surface area contributed by atoms with Crippen molar-refractivity contribution in [1.29, 1.82) is 0 Å². The van der Waals surface area contributed by atoms with Crippen LogP contribution in [0.25, 0.3) is 0 Å². The lowest BCUT2D eigenvalue weighted by molar-refractivity contribution is -0.385. The summed E-state index contributed by atoms with van der Waals surface area (Å²) in [5.41, 5.74) is -0.737. The highest BCUT2D eigenvalue weighted by Crippen LogP contribution is 2.21. The van der Waals surface area contributed by atoms with Gasteiger partial charge in [0.2, 0.25) is 0 Å². The lowest BCUT2D eigenvalue weighted by Gasteiger charge is -2.06. The third-order valence-electron chi connectivity index (χ3n) is 2.30. The van der Waals surface area contributed by atoms with Gasteiger partial charge in [0, 0.05) is 12.3 Å². The number of nitrogens with zero attached hydrogens (tertiary/aromatic N) is 3. The predicted octanol–water partition coefficient (Wildman–Crippen LogP) is 2.43. The molecule has 102 valence electrons. The summed E-state index contributed by atoms with van der Waals surface area (Å²) >= 11 is 5.70. The molecule has 2 aromatic heterocycles. The Hall–Kier alpha value is -2.61. The van der Waals surface area contributed by atoms with Crippen LogP contribution in [0, 0.1) is 15.9 Å². The number of nitro groups is 1. The molecule has 20 heavy (non-hydrogen) atoms. The summed E-state index contributed by atoms with van der Waals surface area (Å²) in [6.07, 6.45) is 3.13. The molecule has 9 heteroatoms. The average Bonchev–Trinajstić information content (AvgIpc) is 2.41. The van der Waals surface area contributed by atoms with E-state index in [4.69, 9.17) is 11.6 Å². The van der Waals surface area contributed by atoms with Crippen LogP contribution in [-0.2, 0) is 0 Å². The summed E-state index contributed by atoms with van der Waals surface area (Å²) in [4.78, 5) is 28.9. The Labute approximate surface area is 116 Å². The van der Waals surface area contributed by atoms with Gasteiger partial charge < -0.3 is 5.32 Å². The first-order valence-electron chi connectivity index (χ1n) is 5.20. The van der Waals surface area contributed by atoms with Crippen molar-refractivity contribution < 1.29 is 14.1 Å². The Morgan fingerprint density at radius 3 is 2.85 bits per heavy atom. The number of aromatic nitrogens is 2. The summed E-state index contributed by atoms with van der Waals surface area (Å²) in [6, 6.07) is 2.20. The van der Waals surface area contributed by atoms with Crippen LogP contribution in [-0.4, -0.2) is 20.8 Å². The first-order valence-corrected chi connectivity index (χ1v) is 5.57. The minimum absolute atomic E-state index is 0.118. The van der Waals surface area contributed by atoms with Gasteiger partial charge in [-0.05, 0) is 6.07 Å². The van der Waals surface area contributed by atoms with Crippen LogP contribution in [0.4, 0.5) is 15.8 Å². The molecule has 0 radical (unpaired) electrons. The van der Waals surface area contributed by atoms with Gasteiger partial charge in [0.1, 0.15) is 11.3 Å². The van der Waals surface area contributed by atoms with Crippen molar-refractivity contribution in [2.75, 3.05) is 5.32 Å². The Morgan fingerprint density at radius 1 is 1.45 bits per heavy atom. The summed E-state index contributed by atoms with van der Waals surface area (Å²) in [5, 5.41) is 12.6. The highest BCUT2D eigenvalue weighted by molar-refractivity contribution is 6.33. The van der Waals surface area contributed by atoms with Crippen LogP contribution in [0.3, 0.4) is 0 Å². The van der Waals surface area contributed by atoms with Gasteiger partial charge in [-0.2, -0.15) is 0 Å². The van der Waals surface area contributed by atoms with E-state index in [1.807, 2.05) is 0 Å². The van der Waals surface area contributed by atoms with E-state index in [0.717, 1.165) is 18.5 Å². The number of carbonyl (C=O) groups is 1. The zero-order valence-electron chi connectivity index (χ0n) is 9.71. The molecule has 1 N–H and O–H groups in total. The number of halogens is 2. The number of hydrogen-bond donors (Lipinski definition) is 1. The van der Waals surface area contributed by atoms with E-state index in [0.29, 0.717) is 0 Å². The van der Waals surface area contributed by atoms with Gasteiger partial charge >= 0.3 is 0 Å². The predicted molar refractivity (Wildman–Crippen MR) is 68.0 cm³/mol. The summed E-state index contributed by atoms with van der Waals surface area (Å²) in [7, 11) is 0. The second kappa shape index (κ2) is 5.57. The number of carbonyl (C=O) groups excluding carboxylic acids is 1. The number of rotatable bonds is 3. The highest BCUT2D eigenvalue weighted by atomic mass is 35.5. The van der Waals surface area contributed by atoms with Gasteiger partial charge in [0.15, 0.2) is 5.82 Å². The smallest absolute Gasteiger partial charge is 0.288 e. The fourth-order valence-electron chi connectivity index (χ4n) is 1.36. The number of nitrogens with one attached hydrogen (secondary N) is 1. The Balaban J connectivity index is 2.32. The topological polar surface area (TPSA) is 98.0 Å². The molecule has 0 spiro atoms. The average molecular weight is 297 g/mol. The molecule has 0 aliphatic heterocycles. The van der Waals surface area contributed by atoms with Crippen LogP contribution < -0.4 is 5.32 Å². The third-order valence-corrected chi connectivity index (χ3v) is 2.60. The minimum Gasteiger partial charge on any atom is -0.319 e. The zero-order valence-corrected chi connectivity index (χ0v) is 10.5. The van der Waals surface area contributed by atoms with Gasteiger partial charge in [0.05, 0.1) is 22.4 Å². The molecule has 2 aromatic rings. The normalized spacial score (nSPS) is 10.1. The van der Waals surface area contributed by atoms with Crippen LogP contribution in [0.2, 0.25) is 5.15 Å². The maximum absolute atomic E-state index is 13.3. The molecule has 2 rings (SSSR count). The van der Waals surface area contributed by atoms with E-state index in [9.17, 15) is 19.3 Å². The zero-order chi connectivity index (χ0) is 14.7. The van der Waals surface area contributed by atoms with E-state index < -0.39 is 22.3 Å². The van der Waals surface area contributed by atoms with Crippen molar-refractivity contribution in [1.82, 2.24) is 9.97 Å². The second-order valence-electron chi connectivity index (χ2n) is 3.60. The SMILES string of the molecule is O=C(Nc1ccncc1F)c1cc([N+](=O)[O-])cnc1Cl. The van der Waals surface area contributed by atoms with Gasteiger partial charge in [-0.25, -0.2) is 9.37 Å². The Kier molecular flexibility index (Phi) is 3.85. The molecule has 0 unspecified atom stereocenters. The molecular weight excluding hydrogens is 291 g/mol. The first kappa shape index (κ1) is 13.8. The van der Waals surface area contributed by atoms with Gasteiger partial charge in [-0.1, -0.05) is 11.6 Å². The van der Waals surface area contributed by atoms with Crippen LogP contribution in [0.5, 0.6) is 0 Å². The molecule has 0 bridgehead atoms. The molecule has 0 saturated carbocycles. The summed E-state index contributed by atoms with van der Waals surface area (Å²) in [6.45, 7) is 0. The monoisotopic (exact) mass is 296 g/mol. The van der Waals surface area contributed by atoms with Crippen LogP contribution >= 0.6 is 11.6 Å². The van der Waals surface area contributed by atoms with Gasteiger partial charge in [-0.3, -0.25) is 19.9 Å². The summed E-state index contributed by atoms with van der Waals surface area (Å²) < 4.78 is 13.3. The molecule has 0 fully saturated rings. The van der Waals surface area contributed by atoms with E-state index in [2.05, 4.69) is 15.3 Å². The van der Waals surface area contributed by atoms with E-state index in [-0.39, 0.29) is 16.4 Å². The van der Waals surface area contributed by atoms with Gasteiger partial charge in [-0.15, -0.1) is 0 Å². The maximum Gasteiger partial charge on any atom is 0.288 e. The van der Waals surface area contributed by atoms with Crippen molar-refractivity contribution in [3.8, 4) is 0 Å². The lowest BCUT2D eigenvalue weighted by Crippen LogP contribution is -2.14. The van der Waals surface area contributed by atoms with Gasteiger partial charge in [0.25, 0.3) is 11.6 Å². The molecule has 2 heterocycles. The van der Waals surface area contributed by atoms with Crippen molar-refractivity contribution in [2.24, 2.45) is 0 Å². The lowest BCUT2D eigenvalue weighted by atomic mass is 10.2. The molecule has 0 aromatic carbocycles. The molecule has 0 aliphatic rings. The van der Waals surface area contributed by atoms with Crippen LogP contribution in [0.1, 0.15) is 10.4 Å². The maximum atomic E-state index is 13.3. The number of pyridine rings is 2. The fraction of sp³-hybridized carbons (Fsp3) is 0. The second-order valence-corrected chi connectivity index (χ2v) is 3.96. The quantitative estimate of drug-likeness (QED) is 0.533. The van der Waals surface area contributed by atoms with Crippen molar-refractivity contribution in [2.45, 2.75) is 0 Å². The van der Waals surface area contributed by atoms with Crippen molar-refractivity contribution in [3.63, 3.8) is 0 Å².